The highest BCUT2D eigenvalue weighted by molar-refractivity contribution is 7.99. The standard InChI is InChI=1S/C17H19NO2S/c1-11-7-5-6-8-13(11)21-15-10-12(16(19)20)9-14(18-15)17(2,3)4/h5-10H,1-4H3,(H,19,20). The molecule has 0 amide bonds. The van der Waals surface area contributed by atoms with Crippen molar-refractivity contribution in [3.05, 3.63) is 53.2 Å². The molecular formula is C17H19NO2S. The van der Waals surface area contributed by atoms with Gasteiger partial charge in [0.05, 0.1) is 5.56 Å². The molecule has 0 unspecified atom stereocenters. The van der Waals surface area contributed by atoms with Crippen LogP contribution >= 0.6 is 11.8 Å². The lowest BCUT2D eigenvalue weighted by atomic mass is 9.91. The van der Waals surface area contributed by atoms with Crippen molar-refractivity contribution in [1.29, 1.82) is 0 Å². The van der Waals surface area contributed by atoms with Gasteiger partial charge in [-0.2, -0.15) is 0 Å². The number of aryl methyl sites for hydroxylation is 1. The van der Waals surface area contributed by atoms with Gasteiger partial charge in [0.1, 0.15) is 5.03 Å². The Kier molecular flexibility index (Phi) is 4.37. The van der Waals surface area contributed by atoms with Crippen LogP contribution in [0.5, 0.6) is 0 Å². The molecule has 0 aliphatic heterocycles. The van der Waals surface area contributed by atoms with E-state index in [2.05, 4.69) is 4.98 Å². The van der Waals surface area contributed by atoms with Crippen LogP contribution in [0.4, 0.5) is 0 Å². The Balaban J connectivity index is 2.46. The summed E-state index contributed by atoms with van der Waals surface area (Å²) >= 11 is 1.50. The van der Waals surface area contributed by atoms with E-state index < -0.39 is 5.97 Å². The minimum atomic E-state index is -0.922. The van der Waals surface area contributed by atoms with Crippen molar-refractivity contribution in [1.82, 2.24) is 4.98 Å². The maximum Gasteiger partial charge on any atom is 0.335 e. The second kappa shape index (κ2) is 5.90. The SMILES string of the molecule is Cc1ccccc1Sc1cc(C(=O)O)cc(C(C)(C)C)n1. The fourth-order valence-corrected chi connectivity index (χ4v) is 2.78. The average molecular weight is 301 g/mol. The van der Waals surface area contributed by atoms with Gasteiger partial charge in [0.25, 0.3) is 0 Å². The van der Waals surface area contributed by atoms with Gasteiger partial charge in [0, 0.05) is 16.0 Å². The van der Waals surface area contributed by atoms with Gasteiger partial charge in [-0.25, -0.2) is 9.78 Å². The van der Waals surface area contributed by atoms with Gasteiger partial charge in [-0.3, -0.25) is 0 Å². The van der Waals surface area contributed by atoms with Gasteiger partial charge in [-0.1, -0.05) is 50.7 Å². The maximum absolute atomic E-state index is 11.3. The first-order valence-corrected chi connectivity index (χ1v) is 7.58. The zero-order chi connectivity index (χ0) is 15.6. The highest BCUT2D eigenvalue weighted by Crippen LogP contribution is 2.31. The molecule has 2 rings (SSSR count). The molecule has 0 fully saturated rings. The fraction of sp³-hybridized carbons (Fsp3) is 0.294. The van der Waals surface area contributed by atoms with E-state index in [1.165, 1.54) is 11.8 Å². The number of carboxylic acid groups (broad SMARTS) is 1. The summed E-state index contributed by atoms with van der Waals surface area (Å²) in [5.74, 6) is -0.922. The molecule has 110 valence electrons. The van der Waals surface area contributed by atoms with Crippen molar-refractivity contribution < 1.29 is 9.90 Å². The smallest absolute Gasteiger partial charge is 0.335 e. The lowest BCUT2D eigenvalue weighted by Crippen LogP contribution is -2.15. The van der Waals surface area contributed by atoms with E-state index in [4.69, 9.17) is 0 Å². The summed E-state index contributed by atoms with van der Waals surface area (Å²) in [5, 5.41) is 10.00. The number of benzene rings is 1. The summed E-state index contributed by atoms with van der Waals surface area (Å²) in [4.78, 5) is 17.0. The molecule has 3 nitrogen and oxygen atoms in total. The first-order chi connectivity index (χ1) is 9.77. The molecule has 4 heteroatoms. The summed E-state index contributed by atoms with van der Waals surface area (Å²) in [6, 6.07) is 11.3. The van der Waals surface area contributed by atoms with Gasteiger partial charge < -0.3 is 5.11 Å². The summed E-state index contributed by atoms with van der Waals surface area (Å²) in [6.07, 6.45) is 0. The highest BCUT2D eigenvalue weighted by Gasteiger charge is 2.19. The summed E-state index contributed by atoms with van der Waals surface area (Å²) < 4.78 is 0. The second-order valence-corrected chi connectivity index (χ2v) is 7.06. The number of hydrogen-bond donors (Lipinski definition) is 1. The number of rotatable bonds is 3. The molecule has 0 radical (unpaired) electrons. The molecule has 1 aromatic heterocycles. The largest absolute Gasteiger partial charge is 0.478 e. The molecule has 0 saturated carbocycles. The Labute approximate surface area is 129 Å². The van der Waals surface area contributed by atoms with Crippen molar-refractivity contribution in [3.63, 3.8) is 0 Å². The van der Waals surface area contributed by atoms with Crippen LogP contribution in [0.3, 0.4) is 0 Å². The third-order valence-electron chi connectivity index (χ3n) is 3.13. The van der Waals surface area contributed by atoms with E-state index >= 15 is 0 Å². The third-order valence-corrected chi connectivity index (χ3v) is 4.22. The minimum absolute atomic E-state index is 0.188. The molecule has 1 N–H and O–H groups in total. The van der Waals surface area contributed by atoms with Crippen LogP contribution in [0.15, 0.2) is 46.3 Å². The van der Waals surface area contributed by atoms with Crippen molar-refractivity contribution in [2.75, 3.05) is 0 Å². The normalized spacial score (nSPS) is 11.4. The van der Waals surface area contributed by atoms with Crippen LogP contribution in [0.2, 0.25) is 0 Å². The van der Waals surface area contributed by atoms with Crippen molar-refractivity contribution in [2.24, 2.45) is 0 Å². The first-order valence-electron chi connectivity index (χ1n) is 6.77. The van der Waals surface area contributed by atoms with Crippen LogP contribution in [0.25, 0.3) is 0 Å². The number of carboxylic acids is 1. The van der Waals surface area contributed by atoms with Gasteiger partial charge in [0.2, 0.25) is 0 Å². The lowest BCUT2D eigenvalue weighted by Gasteiger charge is -2.19. The van der Waals surface area contributed by atoms with Crippen molar-refractivity contribution >= 4 is 17.7 Å². The van der Waals surface area contributed by atoms with E-state index in [9.17, 15) is 9.90 Å². The first kappa shape index (κ1) is 15.6. The van der Waals surface area contributed by atoms with Gasteiger partial charge in [0.15, 0.2) is 0 Å². The summed E-state index contributed by atoms with van der Waals surface area (Å²) in [7, 11) is 0. The van der Waals surface area contributed by atoms with Gasteiger partial charge in [-0.15, -0.1) is 0 Å². The number of aromatic nitrogens is 1. The topological polar surface area (TPSA) is 50.2 Å². The van der Waals surface area contributed by atoms with E-state index in [1.54, 1.807) is 12.1 Å². The minimum Gasteiger partial charge on any atom is -0.478 e. The predicted molar refractivity (Wildman–Crippen MR) is 85.2 cm³/mol. The van der Waals surface area contributed by atoms with Crippen LogP contribution < -0.4 is 0 Å². The molecule has 0 aliphatic carbocycles. The Bertz CT molecular complexity index is 675. The number of pyridine rings is 1. The van der Waals surface area contributed by atoms with Crippen molar-refractivity contribution in [2.45, 2.75) is 43.0 Å². The van der Waals surface area contributed by atoms with Gasteiger partial charge >= 0.3 is 5.97 Å². The van der Waals surface area contributed by atoms with E-state index in [0.29, 0.717) is 5.03 Å². The Morgan fingerprint density at radius 2 is 1.86 bits per heavy atom. The van der Waals surface area contributed by atoms with Crippen LogP contribution in [-0.4, -0.2) is 16.1 Å². The molecule has 1 heterocycles. The number of nitrogens with zero attached hydrogens (tertiary/aromatic N) is 1. The van der Waals surface area contributed by atoms with Gasteiger partial charge in [-0.05, 0) is 30.7 Å². The molecule has 0 bridgehead atoms. The van der Waals surface area contributed by atoms with Crippen LogP contribution in [0.1, 0.15) is 42.4 Å². The monoisotopic (exact) mass is 301 g/mol. The number of aromatic carboxylic acids is 1. The molecule has 0 spiro atoms. The number of hydrogen-bond acceptors (Lipinski definition) is 3. The quantitative estimate of drug-likeness (QED) is 0.904. The predicted octanol–water partition coefficient (Wildman–Crippen LogP) is 4.54. The molecule has 0 saturated heterocycles. The van der Waals surface area contributed by atoms with Crippen LogP contribution in [-0.2, 0) is 5.41 Å². The van der Waals surface area contributed by atoms with E-state index in [-0.39, 0.29) is 11.0 Å². The van der Waals surface area contributed by atoms with Crippen LogP contribution in [0, 0.1) is 6.92 Å². The third kappa shape index (κ3) is 3.85. The Morgan fingerprint density at radius 3 is 2.43 bits per heavy atom. The molecule has 0 aliphatic rings. The second-order valence-electron chi connectivity index (χ2n) is 6.00. The zero-order valence-electron chi connectivity index (χ0n) is 12.7. The highest BCUT2D eigenvalue weighted by atomic mass is 32.2. The molecule has 1 aromatic carbocycles. The Morgan fingerprint density at radius 1 is 1.19 bits per heavy atom. The summed E-state index contributed by atoms with van der Waals surface area (Å²) in [5.41, 5.74) is 2.04. The van der Waals surface area contributed by atoms with Crippen molar-refractivity contribution in [3.8, 4) is 0 Å². The van der Waals surface area contributed by atoms with E-state index in [1.807, 2.05) is 52.0 Å². The average Bonchev–Trinajstić information content (AvgIpc) is 2.40. The fourth-order valence-electron chi connectivity index (χ4n) is 1.85. The maximum atomic E-state index is 11.3. The molecule has 0 atom stereocenters. The summed E-state index contributed by atoms with van der Waals surface area (Å²) in [6.45, 7) is 8.13. The zero-order valence-corrected chi connectivity index (χ0v) is 13.5. The molecular weight excluding hydrogens is 282 g/mol. The number of carbonyl (C=O) groups is 1. The van der Waals surface area contributed by atoms with E-state index in [0.717, 1.165) is 16.2 Å². The lowest BCUT2D eigenvalue weighted by molar-refractivity contribution is 0.0696. The molecule has 21 heavy (non-hydrogen) atoms. The molecule has 2 aromatic rings. The Hall–Kier alpha value is -1.81.